The summed E-state index contributed by atoms with van der Waals surface area (Å²) in [6, 6.07) is 18.5. The third kappa shape index (κ3) is 8.08. The van der Waals surface area contributed by atoms with E-state index in [9.17, 15) is 9.59 Å². The summed E-state index contributed by atoms with van der Waals surface area (Å²) in [5, 5.41) is 3.48. The molecule has 0 bridgehead atoms. The van der Waals surface area contributed by atoms with Crippen LogP contribution >= 0.6 is 11.6 Å². The Labute approximate surface area is 222 Å². The quantitative estimate of drug-likeness (QED) is 0.418. The molecule has 1 N–H and O–H groups in total. The number of furan rings is 1. The number of carbonyl (C=O) groups excluding carboxylic acids is 2. The van der Waals surface area contributed by atoms with Crippen molar-refractivity contribution in [2.45, 2.75) is 20.0 Å². The number of morpholine rings is 1. The molecule has 0 saturated carbocycles. The number of hydrogen-bond acceptors (Lipinski definition) is 5. The molecule has 1 saturated heterocycles. The van der Waals surface area contributed by atoms with Gasteiger partial charge in [-0.2, -0.15) is 0 Å². The van der Waals surface area contributed by atoms with Gasteiger partial charge in [0.2, 0.25) is 5.91 Å². The number of rotatable bonds is 10. The summed E-state index contributed by atoms with van der Waals surface area (Å²) >= 11 is 6.26. The molecule has 3 aromatic rings. The average molecular weight is 525 g/mol. The molecule has 0 aliphatic carbocycles. The van der Waals surface area contributed by atoms with Gasteiger partial charge in [-0.3, -0.25) is 9.69 Å². The van der Waals surface area contributed by atoms with Crippen molar-refractivity contribution >= 4 is 29.2 Å². The number of benzene rings is 2. The third-order valence-corrected chi connectivity index (χ3v) is 6.73. The number of amides is 3. The summed E-state index contributed by atoms with van der Waals surface area (Å²) in [6.45, 7) is 6.55. The monoisotopic (exact) mass is 524 g/mol. The minimum Gasteiger partial charge on any atom is -0.467 e. The van der Waals surface area contributed by atoms with Crippen molar-refractivity contribution in [2.75, 3.05) is 51.3 Å². The second-order valence-corrected chi connectivity index (χ2v) is 9.49. The van der Waals surface area contributed by atoms with Crippen LogP contribution < -0.4 is 5.32 Å². The van der Waals surface area contributed by atoms with Gasteiger partial charge in [0.05, 0.1) is 26.0 Å². The van der Waals surface area contributed by atoms with Crippen LogP contribution in [0.25, 0.3) is 0 Å². The first-order chi connectivity index (χ1) is 18.0. The maximum Gasteiger partial charge on any atom is 0.322 e. The normalized spacial score (nSPS) is 13.8. The van der Waals surface area contributed by atoms with E-state index in [2.05, 4.69) is 10.2 Å². The van der Waals surface area contributed by atoms with Gasteiger partial charge in [0.25, 0.3) is 0 Å². The first-order valence-corrected chi connectivity index (χ1v) is 12.8. The molecule has 2 aromatic carbocycles. The molecule has 4 rings (SSSR count). The molecule has 1 aliphatic rings. The number of carbonyl (C=O) groups is 2. The molecule has 196 valence electrons. The van der Waals surface area contributed by atoms with Gasteiger partial charge in [0.15, 0.2) is 0 Å². The maximum absolute atomic E-state index is 13.6. The number of hydrogen-bond donors (Lipinski definition) is 1. The topological polar surface area (TPSA) is 78.3 Å². The summed E-state index contributed by atoms with van der Waals surface area (Å²) in [5.41, 5.74) is 2.51. The Morgan fingerprint density at radius 3 is 2.49 bits per heavy atom. The molecular formula is C28H33ClN4O4. The Morgan fingerprint density at radius 1 is 1.00 bits per heavy atom. The Bertz CT molecular complexity index is 1150. The molecule has 0 atom stereocenters. The van der Waals surface area contributed by atoms with Gasteiger partial charge in [-0.1, -0.05) is 48.0 Å². The predicted molar refractivity (Wildman–Crippen MR) is 143 cm³/mol. The van der Waals surface area contributed by atoms with E-state index in [0.717, 1.165) is 24.2 Å². The summed E-state index contributed by atoms with van der Waals surface area (Å²) in [6.07, 6.45) is 1.59. The zero-order valence-corrected chi connectivity index (χ0v) is 21.8. The van der Waals surface area contributed by atoms with Crippen molar-refractivity contribution in [3.05, 3.63) is 88.8 Å². The van der Waals surface area contributed by atoms with Crippen LogP contribution in [0.3, 0.4) is 0 Å². The highest BCUT2D eigenvalue weighted by molar-refractivity contribution is 6.31. The lowest BCUT2D eigenvalue weighted by Gasteiger charge is -2.31. The fourth-order valence-electron chi connectivity index (χ4n) is 4.10. The molecule has 0 unspecified atom stereocenters. The van der Waals surface area contributed by atoms with Crippen LogP contribution in [0.4, 0.5) is 10.5 Å². The van der Waals surface area contributed by atoms with Crippen LogP contribution in [0.1, 0.15) is 16.9 Å². The van der Waals surface area contributed by atoms with Crippen molar-refractivity contribution in [2.24, 2.45) is 0 Å². The SMILES string of the molecule is Cc1ccc(NC(=O)N(CCN2CCOCC2)CC(=O)N(Cc2ccccc2)Cc2ccco2)cc1Cl. The molecule has 2 heterocycles. The first kappa shape index (κ1) is 26.7. The summed E-state index contributed by atoms with van der Waals surface area (Å²) < 4.78 is 11.0. The molecular weight excluding hydrogens is 492 g/mol. The zero-order valence-electron chi connectivity index (χ0n) is 21.1. The number of ether oxygens (including phenoxy) is 1. The fourth-order valence-corrected chi connectivity index (χ4v) is 4.28. The van der Waals surface area contributed by atoms with Gasteiger partial charge in [-0.05, 0) is 42.3 Å². The molecule has 8 nitrogen and oxygen atoms in total. The summed E-state index contributed by atoms with van der Waals surface area (Å²) in [7, 11) is 0. The molecule has 1 aliphatic heterocycles. The average Bonchev–Trinajstić information content (AvgIpc) is 3.42. The lowest BCUT2D eigenvalue weighted by molar-refractivity contribution is -0.133. The highest BCUT2D eigenvalue weighted by Gasteiger charge is 2.24. The molecule has 0 radical (unpaired) electrons. The molecule has 0 spiro atoms. The third-order valence-electron chi connectivity index (χ3n) is 6.32. The predicted octanol–water partition coefficient (Wildman–Crippen LogP) is 4.64. The Kier molecular flexibility index (Phi) is 9.59. The second-order valence-electron chi connectivity index (χ2n) is 9.08. The molecule has 37 heavy (non-hydrogen) atoms. The van der Waals surface area contributed by atoms with E-state index in [1.165, 1.54) is 0 Å². The number of nitrogens with zero attached hydrogens (tertiary/aromatic N) is 3. The molecule has 9 heteroatoms. The molecule has 1 aromatic heterocycles. The first-order valence-electron chi connectivity index (χ1n) is 12.4. The largest absolute Gasteiger partial charge is 0.467 e. The summed E-state index contributed by atoms with van der Waals surface area (Å²) in [4.78, 5) is 32.5. The zero-order chi connectivity index (χ0) is 26.0. The second kappa shape index (κ2) is 13.3. The number of anilines is 1. The number of nitrogens with one attached hydrogen (secondary N) is 1. The number of aryl methyl sites for hydroxylation is 1. The van der Waals surface area contributed by atoms with Crippen molar-refractivity contribution in [1.82, 2.24) is 14.7 Å². The Hall–Kier alpha value is -3.33. The van der Waals surface area contributed by atoms with Crippen molar-refractivity contribution < 1.29 is 18.7 Å². The van der Waals surface area contributed by atoms with E-state index >= 15 is 0 Å². The fraction of sp³-hybridized carbons (Fsp3) is 0.357. The number of urea groups is 1. The van der Waals surface area contributed by atoms with Gasteiger partial charge in [-0.25, -0.2) is 4.79 Å². The van der Waals surface area contributed by atoms with Crippen LogP contribution in [0.15, 0.2) is 71.3 Å². The van der Waals surface area contributed by atoms with Crippen LogP contribution in [-0.4, -0.2) is 72.6 Å². The highest BCUT2D eigenvalue weighted by atomic mass is 35.5. The van der Waals surface area contributed by atoms with Crippen LogP contribution in [0, 0.1) is 6.92 Å². The number of halogens is 1. The van der Waals surface area contributed by atoms with Gasteiger partial charge in [-0.15, -0.1) is 0 Å². The van der Waals surface area contributed by atoms with Gasteiger partial charge in [0.1, 0.15) is 12.3 Å². The van der Waals surface area contributed by atoms with E-state index in [1.54, 1.807) is 34.3 Å². The van der Waals surface area contributed by atoms with Crippen LogP contribution in [0.2, 0.25) is 5.02 Å². The lowest BCUT2D eigenvalue weighted by atomic mass is 10.2. The van der Waals surface area contributed by atoms with Crippen molar-refractivity contribution in [1.29, 1.82) is 0 Å². The maximum atomic E-state index is 13.6. The van der Waals surface area contributed by atoms with Gasteiger partial charge >= 0.3 is 6.03 Å². The van der Waals surface area contributed by atoms with Crippen LogP contribution in [-0.2, 0) is 22.6 Å². The minimum atomic E-state index is -0.348. The molecule has 1 fully saturated rings. The smallest absolute Gasteiger partial charge is 0.322 e. The van der Waals surface area contributed by atoms with E-state index < -0.39 is 0 Å². The lowest BCUT2D eigenvalue weighted by Crippen LogP contribution is -2.48. The minimum absolute atomic E-state index is 0.0662. The molecule has 3 amide bonds. The van der Waals surface area contributed by atoms with Crippen LogP contribution in [0.5, 0.6) is 0 Å². The van der Waals surface area contributed by atoms with E-state index in [0.29, 0.717) is 55.9 Å². The van der Waals surface area contributed by atoms with E-state index in [4.69, 9.17) is 20.8 Å². The van der Waals surface area contributed by atoms with E-state index in [1.807, 2.05) is 49.4 Å². The standard InChI is InChI=1S/C28H33ClN4O4/c1-22-9-10-24(18-26(22)29)30-28(35)32(12-11-31-13-16-36-17-14-31)21-27(34)33(20-25-8-5-15-37-25)19-23-6-3-2-4-7-23/h2-10,15,18H,11-14,16-17,19-21H2,1H3,(H,30,35). The van der Waals surface area contributed by atoms with E-state index in [-0.39, 0.29) is 18.5 Å². The van der Waals surface area contributed by atoms with Gasteiger partial charge in [0, 0.05) is 43.4 Å². The van der Waals surface area contributed by atoms with Crippen molar-refractivity contribution in [3.8, 4) is 0 Å². The Balaban J connectivity index is 1.49. The Morgan fingerprint density at radius 2 is 1.78 bits per heavy atom. The van der Waals surface area contributed by atoms with Gasteiger partial charge < -0.3 is 24.3 Å². The highest BCUT2D eigenvalue weighted by Crippen LogP contribution is 2.20. The summed E-state index contributed by atoms with van der Waals surface area (Å²) in [5.74, 6) is 0.516. The van der Waals surface area contributed by atoms with Crippen molar-refractivity contribution in [3.63, 3.8) is 0 Å².